The van der Waals surface area contributed by atoms with Gasteiger partial charge in [0, 0.05) is 47.2 Å². The Balaban J connectivity index is 1.60. The number of nitrogens with one attached hydrogen (secondary N) is 2. The second kappa shape index (κ2) is 13.8. The molecule has 1 aliphatic rings. The van der Waals surface area contributed by atoms with Crippen molar-refractivity contribution in [3.8, 4) is 5.75 Å². The molecule has 1 amide bonds. The van der Waals surface area contributed by atoms with Gasteiger partial charge in [0.25, 0.3) is 5.91 Å². The Morgan fingerprint density at radius 3 is 2.67 bits per heavy atom. The first-order valence-electron chi connectivity index (χ1n) is 12.8. The van der Waals surface area contributed by atoms with Crippen LogP contribution in [0.15, 0.2) is 84.4 Å². The summed E-state index contributed by atoms with van der Waals surface area (Å²) in [6, 6.07) is 18.4. The lowest BCUT2D eigenvalue weighted by Crippen LogP contribution is -2.52. The first-order valence-corrected chi connectivity index (χ1v) is 13.6. The van der Waals surface area contributed by atoms with Gasteiger partial charge in [0.15, 0.2) is 11.6 Å². The van der Waals surface area contributed by atoms with Crippen LogP contribution in [-0.4, -0.2) is 42.2 Å². The van der Waals surface area contributed by atoms with Crippen molar-refractivity contribution < 1.29 is 23.8 Å². The molecule has 0 unspecified atom stereocenters. The predicted molar refractivity (Wildman–Crippen MR) is 154 cm³/mol. The third-order valence-corrected chi connectivity index (χ3v) is 6.92. The molecule has 0 bridgehead atoms. The highest BCUT2D eigenvalue weighted by Crippen LogP contribution is 2.45. The summed E-state index contributed by atoms with van der Waals surface area (Å²) in [5, 5.41) is 9.75. The molecule has 0 fully saturated rings. The largest absolute Gasteiger partial charge is 0.494 e. The molecular formula is C30H30Cl2FN3O4. The van der Waals surface area contributed by atoms with Crippen LogP contribution < -0.4 is 15.6 Å². The van der Waals surface area contributed by atoms with Crippen LogP contribution in [0.3, 0.4) is 0 Å². The number of hydrogen-bond acceptors (Lipinski definition) is 6. The monoisotopic (exact) mass is 585 g/mol. The lowest BCUT2D eigenvalue weighted by atomic mass is 9.84. The van der Waals surface area contributed by atoms with Crippen molar-refractivity contribution in [2.45, 2.75) is 30.9 Å². The third kappa shape index (κ3) is 7.01. The Labute approximate surface area is 242 Å². The quantitative estimate of drug-likeness (QED) is 0.138. The summed E-state index contributed by atoms with van der Waals surface area (Å²) >= 11 is 12.7. The number of carbonyl (C=O) groups excluding carboxylic acids is 1. The summed E-state index contributed by atoms with van der Waals surface area (Å²) in [6.07, 6.45) is 1.90. The number of hydrazine groups is 1. The summed E-state index contributed by atoms with van der Waals surface area (Å²) < 4.78 is 25.5. The maximum absolute atomic E-state index is 13.8. The average Bonchev–Trinajstić information content (AvgIpc) is 3.32. The predicted octanol–water partition coefficient (Wildman–Crippen LogP) is 5.59. The molecule has 3 aromatic rings. The minimum Gasteiger partial charge on any atom is -0.494 e. The molecule has 1 aliphatic heterocycles. The van der Waals surface area contributed by atoms with Crippen LogP contribution in [0.5, 0.6) is 5.75 Å². The lowest BCUT2D eigenvalue weighted by molar-refractivity contribution is -0.129. The Morgan fingerprint density at radius 1 is 1.18 bits per heavy atom. The van der Waals surface area contributed by atoms with Gasteiger partial charge in [0.2, 0.25) is 5.90 Å². The van der Waals surface area contributed by atoms with Crippen molar-refractivity contribution in [3.05, 3.63) is 112 Å². The maximum atomic E-state index is 13.8. The Kier molecular flexibility index (Phi) is 10.2. The zero-order valence-electron chi connectivity index (χ0n) is 21.7. The minimum absolute atomic E-state index is 0.0461. The number of carbonyl (C=O) groups is 1. The molecule has 0 saturated carbocycles. The van der Waals surface area contributed by atoms with Gasteiger partial charge in [-0.2, -0.15) is 0 Å². The topological polar surface area (TPSA) is 92.2 Å². The van der Waals surface area contributed by atoms with Gasteiger partial charge >= 0.3 is 0 Å². The van der Waals surface area contributed by atoms with Gasteiger partial charge in [-0.15, -0.1) is 6.58 Å². The average molecular weight is 586 g/mol. The van der Waals surface area contributed by atoms with Crippen LogP contribution in [0, 0.1) is 5.82 Å². The number of hydrogen-bond donors (Lipinski definition) is 3. The fraction of sp³-hybridized carbons (Fsp3) is 0.267. The molecule has 4 rings (SSSR count). The van der Waals surface area contributed by atoms with Gasteiger partial charge in [-0.25, -0.2) is 14.8 Å². The highest BCUT2D eigenvalue weighted by atomic mass is 35.5. The van der Waals surface area contributed by atoms with Gasteiger partial charge in [0.05, 0.1) is 6.61 Å². The van der Waals surface area contributed by atoms with Gasteiger partial charge in [-0.1, -0.05) is 47.5 Å². The Hall–Kier alpha value is -3.43. The van der Waals surface area contributed by atoms with Crippen LogP contribution >= 0.6 is 23.2 Å². The normalized spacial score (nSPS) is 18.1. The maximum Gasteiger partial charge on any atom is 0.266 e. The molecule has 0 spiro atoms. The van der Waals surface area contributed by atoms with Gasteiger partial charge in [0.1, 0.15) is 11.6 Å². The molecule has 7 nitrogen and oxygen atoms in total. The number of amides is 1. The zero-order chi connectivity index (χ0) is 28.5. The summed E-state index contributed by atoms with van der Waals surface area (Å²) in [6.45, 7) is 4.65. The van der Waals surface area contributed by atoms with E-state index in [2.05, 4.69) is 17.4 Å². The number of aliphatic hydroxyl groups excluding tert-OH is 1. The van der Waals surface area contributed by atoms with Crippen LogP contribution in [0.4, 0.5) is 4.39 Å². The van der Waals surface area contributed by atoms with E-state index in [1.165, 1.54) is 12.1 Å². The molecule has 0 saturated heterocycles. The molecule has 210 valence electrons. The van der Waals surface area contributed by atoms with Gasteiger partial charge < -0.3 is 14.6 Å². The first-order chi connectivity index (χ1) is 19.4. The molecule has 2 atom stereocenters. The molecule has 0 radical (unpaired) electrons. The molecule has 3 aromatic carbocycles. The molecule has 40 heavy (non-hydrogen) atoms. The van der Waals surface area contributed by atoms with E-state index >= 15 is 0 Å². The molecule has 0 aliphatic carbocycles. The summed E-state index contributed by atoms with van der Waals surface area (Å²) in [7, 11) is 0. The van der Waals surface area contributed by atoms with Crippen molar-refractivity contribution in [2.24, 2.45) is 4.99 Å². The smallest absolute Gasteiger partial charge is 0.266 e. The zero-order valence-corrected chi connectivity index (χ0v) is 23.2. The number of halogens is 3. The molecular weight excluding hydrogens is 556 g/mol. The molecule has 3 N–H and O–H groups in total. The molecule has 10 heteroatoms. The number of nitrogens with zero attached hydrogens (tertiary/aromatic N) is 1. The van der Waals surface area contributed by atoms with Crippen molar-refractivity contribution in [1.29, 1.82) is 0 Å². The standard InChI is InChI=1S/C30H30Cl2FN3O4/c1-2-14-30(29(38)36-34-15-13-20-5-3-6-23(33)18-20)27(25-12-9-22(31)19-26(25)32)40-28(35-30)21-7-10-24(11-8-21)39-17-4-16-37/h2-3,5-12,18-19,27,34,37H,1,4,13-17H2,(H,36,38)/t27-,30-/m0/s1. The number of ether oxygens (including phenoxy) is 2. The molecule has 0 aromatic heterocycles. The summed E-state index contributed by atoms with van der Waals surface area (Å²) in [5.41, 5.74) is 6.22. The first kappa shape index (κ1) is 29.6. The van der Waals surface area contributed by atoms with Crippen molar-refractivity contribution in [1.82, 2.24) is 10.9 Å². The number of aliphatic imine (C=N–C) groups is 1. The van der Waals surface area contributed by atoms with Crippen molar-refractivity contribution in [3.63, 3.8) is 0 Å². The van der Waals surface area contributed by atoms with Crippen LogP contribution in [0.2, 0.25) is 10.0 Å². The minimum atomic E-state index is -1.43. The fourth-order valence-corrected chi connectivity index (χ4v) is 4.88. The van der Waals surface area contributed by atoms with E-state index in [1.807, 2.05) is 6.07 Å². The van der Waals surface area contributed by atoms with Crippen molar-refractivity contribution in [2.75, 3.05) is 19.8 Å². The molecule has 1 heterocycles. The van der Waals surface area contributed by atoms with E-state index in [4.69, 9.17) is 42.8 Å². The third-order valence-electron chi connectivity index (χ3n) is 6.36. The van der Waals surface area contributed by atoms with Gasteiger partial charge in [-0.3, -0.25) is 10.2 Å². The van der Waals surface area contributed by atoms with E-state index in [-0.39, 0.29) is 24.7 Å². The summed E-state index contributed by atoms with van der Waals surface area (Å²) in [4.78, 5) is 18.6. The van der Waals surface area contributed by atoms with E-state index in [0.29, 0.717) is 52.9 Å². The number of aliphatic hydroxyl groups is 1. The van der Waals surface area contributed by atoms with Crippen LogP contribution in [-0.2, 0) is 16.0 Å². The second-order valence-corrected chi connectivity index (χ2v) is 10.1. The van der Waals surface area contributed by atoms with Crippen LogP contribution in [0.1, 0.15) is 35.6 Å². The SMILES string of the molecule is C=CC[C@]1(C(=O)NNCCc2cccc(F)c2)N=C(c2ccc(OCCCO)cc2)O[C@H]1c1ccc(Cl)cc1Cl. The van der Waals surface area contributed by atoms with Crippen LogP contribution in [0.25, 0.3) is 0 Å². The van der Waals surface area contributed by atoms with E-state index < -0.39 is 17.6 Å². The highest BCUT2D eigenvalue weighted by molar-refractivity contribution is 6.35. The lowest BCUT2D eigenvalue weighted by Gasteiger charge is -2.30. The number of rotatable bonds is 13. The second-order valence-electron chi connectivity index (χ2n) is 9.21. The van der Waals surface area contributed by atoms with E-state index in [0.717, 1.165) is 5.56 Å². The summed E-state index contributed by atoms with van der Waals surface area (Å²) in [5.74, 6) is 0.130. The Morgan fingerprint density at radius 2 is 1.98 bits per heavy atom. The van der Waals surface area contributed by atoms with E-state index in [9.17, 15) is 9.18 Å². The highest BCUT2D eigenvalue weighted by Gasteiger charge is 2.53. The fourth-order valence-electron chi connectivity index (χ4n) is 4.38. The number of benzene rings is 3. The Bertz CT molecular complexity index is 1370. The van der Waals surface area contributed by atoms with E-state index in [1.54, 1.807) is 54.6 Å². The van der Waals surface area contributed by atoms with Crippen molar-refractivity contribution >= 4 is 35.0 Å². The van der Waals surface area contributed by atoms with Gasteiger partial charge in [-0.05, 0) is 60.5 Å².